The fraction of sp³-hybridized carbons (Fsp3) is 0.238. The first-order valence-electron chi connectivity index (χ1n) is 9.83. The molecule has 158 valence electrons. The summed E-state index contributed by atoms with van der Waals surface area (Å²) in [6.45, 7) is 2.77. The summed E-state index contributed by atoms with van der Waals surface area (Å²) in [5, 5.41) is 19.2. The number of benzene rings is 1. The topological polar surface area (TPSA) is 96.8 Å². The van der Waals surface area contributed by atoms with Gasteiger partial charge in [0.2, 0.25) is 5.13 Å². The van der Waals surface area contributed by atoms with Crippen LogP contribution in [-0.2, 0) is 4.79 Å². The maximum Gasteiger partial charge on any atom is 0.253 e. The summed E-state index contributed by atoms with van der Waals surface area (Å²) in [6, 6.07) is 13.1. The minimum atomic E-state index is -0.307. The fourth-order valence-electron chi connectivity index (χ4n) is 3.40. The zero-order chi connectivity index (χ0) is 21.2. The van der Waals surface area contributed by atoms with Crippen LogP contribution in [0.2, 0.25) is 0 Å². The third kappa shape index (κ3) is 4.08. The number of hydrogen-bond donors (Lipinski definition) is 1. The van der Waals surface area contributed by atoms with Crippen LogP contribution in [0.4, 0.5) is 5.13 Å². The number of hydrazone groups is 1. The van der Waals surface area contributed by atoms with Crippen molar-refractivity contribution in [1.29, 1.82) is 0 Å². The van der Waals surface area contributed by atoms with Crippen LogP contribution in [0.3, 0.4) is 0 Å². The molecule has 0 aliphatic carbocycles. The van der Waals surface area contributed by atoms with Gasteiger partial charge < -0.3 is 14.2 Å². The first-order valence-corrected chi connectivity index (χ1v) is 11.6. The van der Waals surface area contributed by atoms with E-state index in [2.05, 4.69) is 20.6 Å². The van der Waals surface area contributed by atoms with Crippen LogP contribution >= 0.6 is 23.1 Å². The Hall–Kier alpha value is -3.11. The van der Waals surface area contributed by atoms with Crippen molar-refractivity contribution in [2.24, 2.45) is 5.10 Å². The summed E-state index contributed by atoms with van der Waals surface area (Å²) in [5.74, 6) is 1.44. The lowest BCUT2D eigenvalue weighted by Crippen LogP contribution is -2.28. The van der Waals surface area contributed by atoms with Crippen LogP contribution in [0.5, 0.6) is 0 Å². The molecule has 1 aliphatic rings. The van der Waals surface area contributed by atoms with Crippen molar-refractivity contribution in [2.45, 2.75) is 23.7 Å². The number of carbonyl (C=O) groups is 1. The van der Waals surface area contributed by atoms with Crippen molar-refractivity contribution >= 4 is 50.8 Å². The van der Waals surface area contributed by atoms with Crippen molar-refractivity contribution in [3.8, 4) is 0 Å². The van der Waals surface area contributed by atoms with Gasteiger partial charge in [-0.05, 0) is 31.2 Å². The average Bonchev–Trinajstić information content (AvgIpc) is 3.57. The van der Waals surface area contributed by atoms with Gasteiger partial charge in [-0.25, -0.2) is 5.01 Å². The van der Waals surface area contributed by atoms with Crippen LogP contribution < -0.4 is 5.32 Å². The van der Waals surface area contributed by atoms with E-state index >= 15 is 0 Å². The highest BCUT2D eigenvalue weighted by Gasteiger charge is 2.36. The Morgan fingerprint density at radius 3 is 3.00 bits per heavy atom. The van der Waals surface area contributed by atoms with E-state index in [4.69, 9.17) is 8.83 Å². The number of thioether (sulfide) groups is 1. The zero-order valence-electron chi connectivity index (χ0n) is 16.6. The Morgan fingerprint density at radius 2 is 2.19 bits per heavy atom. The molecule has 4 aromatic rings. The van der Waals surface area contributed by atoms with Gasteiger partial charge in [0.25, 0.3) is 5.91 Å². The number of aromatic nitrogens is 2. The first-order chi connectivity index (χ1) is 15.2. The third-order valence-corrected chi connectivity index (χ3v) is 6.80. The number of hydrogen-bond acceptors (Lipinski definition) is 9. The van der Waals surface area contributed by atoms with Crippen LogP contribution in [0.1, 0.15) is 30.9 Å². The number of carbonyl (C=O) groups excluding carboxylic acids is 1. The number of amides is 1. The van der Waals surface area contributed by atoms with Gasteiger partial charge >= 0.3 is 0 Å². The highest BCUT2D eigenvalue weighted by Crippen LogP contribution is 2.35. The van der Waals surface area contributed by atoms with Crippen molar-refractivity contribution < 1.29 is 13.6 Å². The summed E-state index contributed by atoms with van der Waals surface area (Å²) in [4.78, 5) is 13.1. The molecule has 1 amide bonds. The molecule has 4 heterocycles. The SMILES string of the molecule is CCNc1nnc(SCC(=O)N2N=C(c3cc4ccccc4o3)C[C@@H]2c2ccco2)s1. The van der Waals surface area contributed by atoms with E-state index in [0.29, 0.717) is 17.9 Å². The van der Waals surface area contributed by atoms with Crippen molar-refractivity contribution in [3.05, 3.63) is 60.2 Å². The molecule has 0 saturated heterocycles. The molecule has 8 nitrogen and oxygen atoms in total. The number of rotatable bonds is 7. The highest BCUT2D eigenvalue weighted by molar-refractivity contribution is 8.01. The highest BCUT2D eigenvalue weighted by atomic mass is 32.2. The monoisotopic (exact) mass is 453 g/mol. The number of furan rings is 2. The molecular weight excluding hydrogens is 434 g/mol. The smallest absolute Gasteiger partial charge is 0.253 e. The van der Waals surface area contributed by atoms with Gasteiger partial charge in [0.05, 0.1) is 12.0 Å². The van der Waals surface area contributed by atoms with Crippen LogP contribution in [0.25, 0.3) is 11.0 Å². The Labute approximate surface area is 186 Å². The quantitative estimate of drug-likeness (QED) is 0.402. The van der Waals surface area contributed by atoms with E-state index in [1.807, 2.05) is 49.4 Å². The van der Waals surface area contributed by atoms with Crippen LogP contribution in [0.15, 0.2) is 67.0 Å². The minimum absolute atomic E-state index is 0.127. The fourth-order valence-corrected chi connectivity index (χ4v) is 5.07. The summed E-state index contributed by atoms with van der Waals surface area (Å²) in [6.07, 6.45) is 2.13. The molecule has 1 aromatic carbocycles. The standard InChI is InChI=1S/C21H19N5O3S2/c1-2-22-20-23-24-21(31-20)30-12-19(27)26-15(17-8-5-9-28-17)11-14(25-26)18-10-13-6-3-4-7-16(13)29-18/h3-10,15H,2,11-12H2,1H3,(H,22,23)/t15-/m1/s1. The Morgan fingerprint density at radius 1 is 1.29 bits per heavy atom. The summed E-state index contributed by atoms with van der Waals surface area (Å²) < 4.78 is 12.3. The number of nitrogens with one attached hydrogen (secondary N) is 1. The van der Waals surface area contributed by atoms with Crippen LogP contribution in [-0.4, -0.2) is 39.1 Å². The summed E-state index contributed by atoms with van der Waals surface area (Å²) in [5.41, 5.74) is 1.52. The molecule has 1 N–H and O–H groups in total. The molecule has 0 bridgehead atoms. The molecule has 0 fully saturated rings. The molecule has 0 saturated carbocycles. The molecular formula is C21H19N5O3S2. The van der Waals surface area contributed by atoms with Crippen molar-refractivity contribution in [3.63, 3.8) is 0 Å². The Bertz CT molecular complexity index is 1200. The Balaban J connectivity index is 1.37. The second-order valence-electron chi connectivity index (χ2n) is 6.86. The maximum atomic E-state index is 13.1. The second-order valence-corrected chi connectivity index (χ2v) is 9.06. The summed E-state index contributed by atoms with van der Waals surface area (Å²) in [7, 11) is 0. The van der Waals surface area contributed by atoms with Gasteiger partial charge in [0.15, 0.2) is 10.1 Å². The summed E-state index contributed by atoms with van der Waals surface area (Å²) >= 11 is 2.78. The number of nitrogens with zero attached hydrogens (tertiary/aromatic N) is 4. The third-order valence-electron chi connectivity index (χ3n) is 4.80. The zero-order valence-corrected chi connectivity index (χ0v) is 18.3. The lowest BCUT2D eigenvalue weighted by molar-refractivity contribution is -0.130. The molecule has 0 radical (unpaired) electrons. The number of para-hydroxylation sites is 1. The van der Waals surface area contributed by atoms with Gasteiger partial charge in [0.1, 0.15) is 23.1 Å². The lowest BCUT2D eigenvalue weighted by atomic mass is 10.1. The molecule has 1 atom stereocenters. The van der Waals surface area contributed by atoms with Gasteiger partial charge in [-0.1, -0.05) is 41.3 Å². The van der Waals surface area contributed by atoms with Gasteiger partial charge in [-0.2, -0.15) is 5.10 Å². The molecule has 31 heavy (non-hydrogen) atoms. The average molecular weight is 454 g/mol. The lowest BCUT2D eigenvalue weighted by Gasteiger charge is -2.19. The van der Waals surface area contributed by atoms with Gasteiger partial charge in [-0.15, -0.1) is 10.2 Å². The molecule has 0 unspecified atom stereocenters. The van der Waals surface area contributed by atoms with Gasteiger partial charge in [0, 0.05) is 18.4 Å². The predicted octanol–water partition coefficient (Wildman–Crippen LogP) is 4.78. The van der Waals surface area contributed by atoms with E-state index in [1.54, 1.807) is 6.26 Å². The number of anilines is 1. The molecule has 1 aliphatic heterocycles. The van der Waals surface area contributed by atoms with E-state index in [0.717, 1.165) is 32.7 Å². The predicted molar refractivity (Wildman–Crippen MR) is 120 cm³/mol. The van der Waals surface area contributed by atoms with Crippen molar-refractivity contribution in [1.82, 2.24) is 15.2 Å². The minimum Gasteiger partial charge on any atom is -0.467 e. The van der Waals surface area contributed by atoms with E-state index < -0.39 is 0 Å². The number of fused-ring (bicyclic) bond motifs is 1. The second kappa shape index (κ2) is 8.56. The molecule has 10 heteroatoms. The first kappa shape index (κ1) is 19.8. The largest absolute Gasteiger partial charge is 0.467 e. The van der Waals surface area contributed by atoms with Crippen molar-refractivity contribution in [2.75, 3.05) is 17.6 Å². The van der Waals surface area contributed by atoms with Crippen LogP contribution in [0, 0.1) is 0 Å². The molecule has 0 spiro atoms. The molecule has 5 rings (SSSR count). The van der Waals surface area contributed by atoms with E-state index in [9.17, 15) is 4.79 Å². The van der Waals surface area contributed by atoms with Gasteiger partial charge in [-0.3, -0.25) is 4.79 Å². The normalized spacial score (nSPS) is 16.1. The van der Waals surface area contributed by atoms with E-state index in [-0.39, 0.29) is 17.7 Å². The van der Waals surface area contributed by atoms with E-state index in [1.165, 1.54) is 28.1 Å². The maximum absolute atomic E-state index is 13.1. The Kier molecular flexibility index (Phi) is 5.47. The molecule has 3 aromatic heterocycles.